The van der Waals surface area contributed by atoms with Crippen LogP contribution in [0.5, 0.6) is 0 Å². The van der Waals surface area contributed by atoms with E-state index in [9.17, 15) is 4.79 Å². The highest BCUT2D eigenvalue weighted by Gasteiger charge is 2.09. The molecule has 0 radical (unpaired) electrons. The first-order chi connectivity index (χ1) is 6.65. The number of hydrogen-bond acceptors (Lipinski definition) is 3. The van der Waals surface area contributed by atoms with E-state index in [-0.39, 0.29) is 9.71 Å². The van der Waals surface area contributed by atoms with Crippen LogP contribution in [-0.4, -0.2) is 17.6 Å². The Bertz CT molecular complexity index is 311. The van der Waals surface area contributed by atoms with Gasteiger partial charge in [0, 0.05) is 6.20 Å². The molecule has 0 saturated carbocycles. The average molecular weight is 323 g/mol. The lowest BCUT2D eigenvalue weighted by molar-refractivity contribution is 0.0519. The number of alkyl halides is 2. The summed E-state index contributed by atoms with van der Waals surface area (Å²) in [5, 5.41) is 0. The van der Waals surface area contributed by atoms with Crippen molar-refractivity contribution in [1.82, 2.24) is 4.98 Å². The summed E-state index contributed by atoms with van der Waals surface area (Å²) in [5.41, 5.74) is 1.29. The fourth-order valence-corrected chi connectivity index (χ4v) is 1.40. The second kappa shape index (κ2) is 5.46. The maximum Gasteiger partial charge on any atom is 0.356 e. The van der Waals surface area contributed by atoms with E-state index >= 15 is 0 Å². The van der Waals surface area contributed by atoms with Crippen molar-refractivity contribution in [2.45, 2.75) is 10.7 Å². The number of ether oxygens (including phenoxy) is 1. The molecule has 0 bridgehead atoms. The Hall–Kier alpha value is -0.420. The van der Waals surface area contributed by atoms with Crippen molar-refractivity contribution < 1.29 is 9.53 Å². The Labute approximate surface area is 99.1 Å². The van der Waals surface area contributed by atoms with Gasteiger partial charge in [-0.25, -0.2) is 9.78 Å². The minimum atomic E-state index is -0.389. The van der Waals surface area contributed by atoms with E-state index < -0.39 is 0 Å². The summed E-state index contributed by atoms with van der Waals surface area (Å²) < 4.78 is 4.86. The van der Waals surface area contributed by atoms with Crippen molar-refractivity contribution >= 4 is 37.8 Å². The molecule has 1 rings (SSSR count). The zero-order valence-electron chi connectivity index (χ0n) is 7.54. The van der Waals surface area contributed by atoms with E-state index in [4.69, 9.17) is 4.74 Å². The van der Waals surface area contributed by atoms with Crippen LogP contribution in [0, 0.1) is 0 Å². The SMILES string of the molecule is CCOC(=O)c1ccc(C(Br)Br)cn1. The Balaban J connectivity index is 2.78. The summed E-state index contributed by atoms with van der Waals surface area (Å²) >= 11 is 6.67. The standard InChI is InChI=1S/C9H9Br2NO2/c1-2-14-9(13)7-4-3-6(5-12-7)8(10)11/h3-5,8H,2H2,1H3. The monoisotopic (exact) mass is 321 g/mol. The first kappa shape index (κ1) is 11.7. The van der Waals surface area contributed by atoms with Crippen molar-refractivity contribution in [3.8, 4) is 0 Å². The lowest BCUT2D eigenvalue weighted by atomic mass is 10.3. The molecule has 0 aliphatic rings. The Morgan fingerprint density at radius 2 is 2.29 bits per heavy atom. The number of rotatable bonds is 3. The largest absolute Gasteiger partial charge is 0.461 e. The topological polar surface area (TPSA) is 39.2 Å². The van der Waals surface area contributed by atoms with E-state index in [0.717, 1.165) is 5.56 Å². The number of esters is 1. The highest BCUT2D eigenvalue weighted by Crippen LogP contribution is 2.28. The van der Waals surface area contributed by atoms with Crippen LogP contribution in [0.25, 0.3) is 0 Å². The van der Waals surface area contributed by atoms with Crippen LogP contribution >= 0.6 is 31.9 Å². The lowest BCUT2D eigenvalue weighted by Gasteiger charge is -2.03. The van der Waals surface area contributed by atoms with Gasteiger partial charge < -0.3 is 4.74 Å². The summed E-state index contributed by atoms with van der Waals surface area (Å²) in [7, 11) is 0. The van der Waals surface area contributed by atoms with E-state index in [2.05, 4.69) is 36.8 Å². The van der Waals surface area contributed by atoms with Crippen LogP contribution in [0.4, 0.5) is 0 Å². The van der Waals surface area contributed by atoms with E-state index in [1.54, 1.807) is 19.2 Å². The van der Waals surface area contributed by atoms with Crippen LogP contribution in [0.1, 0.15) is 26.7 Å². The number of aromatic nitrogens is 1. The van der Waals surface area contributed by atoms with E-state index in [1.165, 1.54) is 0 Å². The second-order valence-corrected chi connectivity index (χ2v) is 5.56. The van der Waals surface area contributed by atoms with Gasteiger partial charge in [0.2, 0.25) is 0 Å². The average Bonchev–Trinajstić information content (AvgIpc) is 2.18. The number of halogens is 2. The minimum absolute atomic E-state index is 0.0544. The quantitative estimate of drug-likeness (QED) is 0.634. The van der Waals surface area contributed by atoms with Gasteiger partial charge in [0.05, 0.1) is 10.3 Å². The van der Waals surface area contributed by atoms with Gasteiger partial charge in [-0.05, 0) is 18.6 Å². The molecule has 1 aromatic heterocycles. The molecule has 0 aliphatic heterocycles. The predicted molar refractivity (Wildman–Crippen MR) is 60.8 cm³/mol. The summed E-state index contributed by atoms with van der Waals surface area (Å²) in [6.45, 7) is 2.13. The normalized spacial score (nSPS) is 10.3. The van der Waals surface area contributed by atoms with E-state index in [1.807, 2.05) is 6.07 Å². The molecule has 0 aliphatic carbocycles. The van der Waals surface area contributed by atoms with Gasteiger partial charge in [-0.3, -0.25) is 0 Å². The maximum absolute atomic E-state index is 11.2. The predicted octanol–water partition coefficient (Wildman–Crippen LogP) is 3.05. The number of carbonyl (C=O) groups excluding carboxylic acids is 1. The van der Waals surface area contributed by atoms with Gasteiger partial charge in [0.15, 0.2) is 0 Å². The van der Waals surface area contributed by atoms with Crippen LogP contribution in [0.3, 0.4) is 0 Å². The zero-order chi connectivity index (χ0) is 10.6. The van der Waals surface area contributed by atoms with E-state index in [0.29, 0.717) is 12.3 Å². The molecule has 1 aromatic rings. The van der Waals surface area contributed by atoms with Crippen LogP contribution in [0.15, 0.2) is 18.3 Å². The van der Waals surface area contributed by atoms with Crippen LogP contribution < -0.4 is 0 Å². The highest BCUT2D eigenvalue weighted by molar-refractivity contribution is 9.24. The molecule has 5 heteroatoms. The molecule has 76 valence electrons. The molecule has 0 aromatic carbocycles. The summed E-state index contributed by atoms with van der Waals surface area (Å²) in [6, 6.07) is 3.45. The summed E-state index contributed by atoms with van der Waals surface area (Å²) in [4.78, 5) is 15.2. The third kappa shape index (κ3) is 3.06. The molecule has 0 fully saturated rings. The van der Waals surface area contributed by atoms with Crippen LogP contribution in [-0.2, 0) is 4.74 Å². The van der Waals surface area contributed by atoms with Gasteiger partial charge in [-0.1, -0.05) is 37.9 Å². The van der Waals surface area contributed by atoms with Crippen molar-refractivity contribution in [2.24, 2.45) is 0 Å². The number of nitrogens with zero attached hydrogens (tertiary/aromatic N) is 1. The van der Waals surface area contributed by atoms with Crippen molar-refractivity contribution in [3.05, 3.63) is 29.6 Å². The molecule has 1 heterocycles. The fraction of sp³-hybridized carbons (Fsp3) is 0.333. The lowest BCUT2D eigenvalue weighted by Crippen LogP contribution is -2.06. The van der Waals surface area contributed by atoms with Crippen molar-refractivity contribution in [1.29, 1.82) is 0 Å². The Kier molecular flexibility index (Phi) is 4.54. The zero-order valence-corrected chi connectivity index (χ0v) is 10.7. The molecular formula is C9H9Br2NO2. The smallest absolute Gasteiger partial charge is 0.356 e. The molecule has 0 saturated heterocycles. The third-order valence-electron chi connectivity index (χ3n) is 1.52. The maximum atomic E-state index is 11.2. The molecule has 3 nitrogen and oxygen atoms in total. The van der Waals surface area contributed by atoms with Crippen molar-refractivity contribution in [2.75, 3.05) is 6.61 Å². The fourth-order valence-electron chi connectivity index (χ4n) is 0.860. The second-order valence-electron chi connectivity index (χ2n) is 2.50. The molecule has 0 atom stereocenters. The summed E-state index contributed by atoms with van der Waals surface area (Å²) in [5.74, 6) is -0.389. The summed E-state index contributed by atoms with van der Waals surface area (Å²) in [6.07, 6.45) is 1.63. The first-order valence-corrected chi connectivity index (χ1v) is 5.89. The molecular weight excluding hydrogens is 314 g/mol. The van der Waals surface area contributed by atoms with Gasteiger partial charge in [0.1, 0.15) is 5.69 Å². The molecule has 0 unspecified atom stereocenters. The molecule has 0 spiro atoms. The first-order valence-electron chi connectivity index (χ1n) is 4.06. The Morgan fingerprint density at radius 3 is 2.71 bits per heavy atom. The molecule has 0 amide bonds. The number of carbonyl (C=O) groups is 1. The number of pyridine rings is 1. The minimum Gasteiger partial charge on any atom is -0.461 e. The third-order valence-corrected chi connectivity index (χ3v) is 2.58. The Morgan fingerprint density at radius 1 is 1.57 bits per heavy atom. The number of hydrogen-bond donors (Lipinski definition) is 0. The molecule has 14 heavy (non-hydrogen) atoms. The van der Waals surface area contributed by atoms with Gasteiger partial charge in [-0.15, -0.1) is 0 Å². The van der Waals surface area contributed by atoms with Crippen molar-refractivity contribution in [3.63, 3.8) is 0 Å². The van der Waals surface area contributed by atoms with Gasteiger partial charge in [-0.2, -0.15) is 0 Å². The molecule has 0 N–H and O–H groups in total. The highest BCUT2D eigenvalue weighted by atomic mass is 79.9. The van der Waals surface area contributed by atoms with Gasteiger partial charge in [0.25, 0.3) is 0 Å². The van der Waals surface area contributed by atoms with Crippen LogP contribution in [0.2, 0.25) is 0 Å². The van der Waals surface area contributed by atoms with Gasteiger partial charge >= 0.3 is 5.97 Å².